The minimum Gasteiger partial charge on any atom is -0.396 e. The maximum atomic E-state index is 14.2. The van der Waals surface area contributed by atoms with Crippen molar-refractivity contribution in [3.05, 3.63) is 52.1 Å². The van der Waals surface area contributed by atoms with E-state index in [0.29, 0.717) is 9.80 Å². The maximum absolute atomic E-state index is 14.2. The van der Waals surface area contributed by atoms with Crippen molar-refractivity contribution in [2.24, 2.45) is 11.7 Å². The highest BCUT2D eigenvalue weighted by atomic mass is 32.2. The Balaban J connectivity index is 2.32. The van der Waals surface area contributed by atoms with Gasteiger partial charge in [-0.25, -0.2) is 8.78 Å². The molecule has 1 aliphatic carbocycles. The Labute approximate surface area is 113 Å². The van der Waals surface area contributed by atoms with Crippen LogP contribution in [0.1, 0.15) is 12.5 Å². The third kappa shape index (κ3) is 1.69. The minimum atomic E-state index is -0.494. The van der Waals surface area contributed by atoms with Crippen molar-refractivity contribution in [2.45, 2.75) is 11.8 Å². The first-order valence-corrected chi connectivity index (χ1v) is 6.66. The average molecular weight is 278 g/mol. The summed E-state index contributed by atoms with van der Waals surface area (Å²) in [6.45, 7) is 1.89. The number of benzene rings is 1. The predicted molar refractivity (Wildman–Crippen MR) is 74.2 cm³/mol. The van der Waals surface area contributed by atoms with Crippen LogP contribution >= 0.6 is 11.8 Å². The van der Waals surface area contributed by atoms with Gasteiger partial charge >= 0.3 is 0 Å². The molecule has 1 heterocycles. The first kappa shape index (κ1) is 12.3. The molecule has 0 aromatic heterocycles. The summed E-state index contributed by atoms with van der Waals surface area (Å²) in [4.78, 5) is 0.812. The van der Waals surface area contributed by atoms with Crippen LogP contribution in [-0.4, -0.2) is 0 Å². The molecule has 0 spiro atoms. The number of fused-ring (bicyclic) bond motifs is 4. The summed E-state index contributed by atoms with van der Waals surface area (Å²) in [7, 11) is 0. The lowest BCUT2D eigenvalue weighted by Gasteiger charge is -2.27. The van der Waals surface area contributed by atoms with Crippen LogP contribution < -0.4 is 11.5 Å². The minimum absolute atomic E-state index is 0.0695. The molecule has 0 radical (unpaired) electrons. The Morgan fingerprint density at radius 3 is 2.63 bits per heavy atom. The highest BCUT2D eigenvalue weighted by Gasteiger charge is 2.32. The molecule has 4 N–H and O–H groups in total. The van der Waals surface area contributed by atoms with Crippen molar-refractivity contribution in [2.75, 3.05) is 5.73 Å². The molecule has 98 valence electrons. The van der Waals surface area contributed by atoms with Gasteiger partial charge in [0.05, 0.1) is 16.3 Å². The summed E-state index contributed by atoms with van der Waals surface area (Å²) in [6.07, 6.45) is 3.28. The van der Waals surface area contributed by atoms with Crippen LogP contribution in [0.15, 0.2) is 45.6 Å². The second-order valence-corrected chi connectivity index (χ2v) is 5.64. The van der Waals surface area contributed by atoms with Crippen LogP contribution in [0.5, 0.6) is 0 Å². The first-order chi connectivity index (χ1) is 9.00. The van der Waals surface area contributed by atoms with Gasteiger partial charge in [-0.15, -0.1) is 0 Å². The van der Waals surface area contributed by atoms with Crippen molar-refractivity contribution >= 4 is 23.0 Å². The molecule has 1 atom stereocenters. The quantitative estimate of drug-likeness (QED) is 0.713. The van der Waals surface area contributed by atoms with Crippen molar-refractivity contribution < 1.29 is 8.78 Å². The van der Waals surface area contributed by atoms with E-state index in [9.17, 15) is 8.78 Å². The fourth-order valence-electron chi connectivity index (χ4n) is 2.34. The van der Waals surface area contributed by atoms with Crippen LogP contribution in [-0.2, 0) is 0 Å². The van der Waals surface area contributed by atoms with E-state index in [1.165, 1.54) is 12.1 Å². The highest BCUT2D eigenvalue weighted by Crippen LogP contribution is 2.52. The molecule has 1 aromatic carbocycles. The zero-order chi connectivity index (χ0) is 13.7. The van der Waals surface area contributed by atoms with Crippen LogP contribution in [0.3, 0.4) is 0 Å². The summed E-state index contributed by atoms with van der Waals surface area (Å²) in [5, 5.41) is 0. The molecule has 0 saturated carbocycles. The third-order valence-corrected chi connectivity index (χ3v) is 4.78. The lowest BCUT2D eigenvalue weighted by Crippen LogP contribution is -2.11. The molecule has 0 fully saturated rings. The van der Waals surface area contributed by atoms with E-state index in [4.69, 9.17) is 11.5 Å². The molecule has 0 saturated heterocycles. The Hall–Kier alpha value is -1.75. The number of rotatable bonds is 0. The van der Waals surface area contributed by atoms with Gasteiger partial charge in [0.15, 0.2) is 11.6 Å². The summed E-state index contributed by atoms with van der Waals surface area (Å²) in [5.41, 5.74) is 13.0. The smallest absolute Gasteiger partial charge is 0.160 e. The van der Waals surface area contributed by atoms with E-state index in [0.717, 1.165) is 22.9 Å². The third-order valence-electron chi connectivity index (χ3n) is 3.42. The molecule has 1 aromatic rings. The van der Waals surface area contributed by atoms with Crippen molar-refractivity contribution in [1.82, 2.24) is 0 Å². The Morgan fingerprint density at radius 1 is 1.16 bits per heavy atom. The van der Waals surface area contributed by atoms with Gasteiger partial charge in [0.25, 0.3) is 0 Å². The summed E-state index contributed by atoms with van der Waals surface area (Å²) < 4.78 is 28.3. The number of thioether (sulfide) groups is 1. The number of nitrogens with two attached hydrogens (primary N) is 2. The molecule has 1 unspecified atom stereocenters. The van der Waals surface area contributed by atoms with Gasteiger partial charge in [0.2, 0.25) is 0 Å². The number of halogens is 2. The Kier molecular flexibility index (Phi) is 2.67. The van der Waals surface area contributed by atoms with Crippen molar-refractivity contribution in [3.8, 4) is 0 Å². The number of hydrogen-bond acceptors (Lipinski definition) is 3. The number of nitrogen functional groups attached to an aromatic ring is 1. The van der Waals surface area contributed by atoms with E-state index < -0.39 is 11.6 Å². The van der Waals surface area contributed by atoms with Gasteiger partial charge in [-0.1, -0.05) is 30.8 Å². The molecule has 0 amide bonds. The monoisotopic (exact) mass is 278 g/mol. The van der Waals surface area contributed by atoms with Crippen LogP contribution in [0, 0.1) is 11.7 Å². The van der Waals surface area contributed by atoms with Gasteiger partial charge in [-0.05, 0) is 23.3 Å². The van der Waals surface area contributed by atoms with E-state index in [1.54, 1.807) is 12.1 Å². The SMILES string of the molecule is CC1C2=CC=C(N)C(F)=C1Sc1c2ccc(N)c1F. The molecule has 2 nitrogen and oxygen atoms in total. The normalized spacial score (nSPS) is 21.5. The van der Waals surface area contributed by atoms with Crippen LogP contribution in [0.2, 0.25) is 0 Å². The standard InChI is InChI=1S/C14H12F2N2S/c1-6-7-2-4-9(17)11(15)13(6)19-14-8(7)3-5-10(18)12(14)16/h2-6H,17-18H2,1H3. The molecule has 5 heteroatoms. The molecular formula is C14H12F2N2S. The topological polar surface area (TPSA) is 52.0 Å². The van der Waals surface area contributed by atoms with E-state index in [1.807, 2.05) is 6.92 Å². The van der Waals surface area contributed by atoms with E-state index in [-0.39, 0.29) is 17.3 Å². The summed E-state index contributed by atoms with van der Waals surface area (Å²) in [6, 6.07) is 3.30. The number of anilines is 1. The second kappa shape index (κ2) is 4.13. The molecule has 3 rings (SSSR count). The van der Waals surface area contributed by atoms with Crippen LogP contribution in [0.25, 0.3) is 5.57 Å². The van der Waals surface area contributed by atoms with Gasteiger partial charge in [-0.3, -0.25) is 0 Å². The molecule has 2 bridgehead atoms. The van der Waals surface area contributed by atoms with E-state index >= 15 is 0 Å². The van der Waals surface area contributed by atoms with Gasteiger partial charge in [0, 0.05) is 10.8 Å². The Bertz CT molecular complexity index is 674. The van der Waals surface area contributed by atoms with Crippen molar-refractivity contribution in [1.29, 1.82) is 0 Å². The van der Waals surface area contributed by atoms with Crippen molar-refractivity contribution in [3.63, 3.8) is 0 Å². The molecular weight excluding hydrogens is 266 g/mol. The van der Waals surface area contributed by atoms with Gasteiger partial charge in [-0.2, -0.15) is 0 Å². The fourth-order valence-corrected chi connectivity index (χ4v) is 3.57. The lowest BCUT2D eigenvalue weighted by atomic mass is 9.92. The number of hydrogen-bond donors (Lipinski definition) is 2. The zero-order valence-corrected chi connectivity index (χ0v) is 11.0. The molecule has 19 heavy (non-hydrogen) atoms. The van der Waals surface area contributed by atoms with E-state index in [2.05, 4.69) is 0 Å². The summed E-state index contributed by atoms with van der Waals surface area (Å²) >= 11 is 1.07. The van der Waals surface area contributed by atoms with Gasteiger partial charge < -0.3 is 11.5 Å². The average Bonchev–Trinajstić information content (AvgIpc) is 2.46. The zero-order valence-electron chi connectivity index (χ0n) is 10.2. The first-order valence-electron chi connectivity index (χ1n) is 5.84. The second-order valence-electron chi connectivity index (χ2n) is 4.59. The molecule has 2 aliphatic rings. The summed E-state index contributed by atoms with van der Waals surface area (Å²) in [5.74, 6) is -1.11. The van der Waals surface area contributed by atoms with Crippen LogP contribution in [0.4, 0.5) is 14.5 Å². The van der Waals surface area contributed by atoms with Gasteiger partial charge in [0.1, 0.15) is 0 Å². The maximum Gasteiger partial charge on any atom is 0.160 e. The predicted octanol–water partition coefficient (Wildman–Crippen LogP) is 3.57. The fraction of sp³-hybridized carbons (Fsp3) is 0.143. The Morgan fingerprint density at radius 2 is 1.89 bits per heavy atom. The highest BCUT2D eigenvalue weighted by molar-refractivity contribution is 8.03. The number of allylic oxidation sites excluding steroid dienone is 5. The molecule has 1 aliphatic heterocycles. The lowest BCUT2D eigenvalue weighted by molar-refractivity contribution is 0.602. The largest absolute Gasteiger partial charge is 0.396 e.